The fraction of sp³-hybridized carbons (Fsp3) is 0.429. The van der Waals surface area contributed by atoms with E-state index < -0.39 is 47.3 Å². The maximum Gasteiger partial charge on any atom is 0.416 e. The van der Waals surface area contributed by atoms with E-state index >= 15 is 0 Å². The van der Waals surface area contributed by atoms with Crippen molar-refractivity contribution < 1.29 is 64.5 Å². The van der Waals surface area contributed by atoms with Gasteiger partial charge in [0, 0.05) is 63.2 Å². The van der Waals surface area contributed by atoms with Gasteiger partial charge in [-0.25, -0.2) is 9.97 Å². The lowest BCUT2D eigenvalue weighted by atomic mass is 10.1. The van der Waals surface area contributed by atoms with E-state index in [1.165, 1.54) is 49.9 Å². The molecule has 0 bridgehead atoms. The zero-order valence-corrected chi connectivity index (χ0v) is 42.7. The van der Waals surface area contributed by atoms with Crippen LogP contribution in [0.4, 0.5) is 26.3 Å². The number of nitrogens with zero attached hydrogens (tertiary/aromatic N) is 4. The zero-order valence-electron chi connectivity index (χ0n) is 42.7. The molecule has 0 saturated heterocycles. The van der Waals surface area contributed by atoms with E-state index in [2.05, 4.69) is 47.5 Å². The first-order chi connectivity index (χ1) is 35.2. The van der Waals surface area contributed by atoms with E-state index in [1.807, 2.05) is 24.3 Å². The minimum atomic E-state index is -4.36. The Morgan fingerprint density at radius 3 is 1.16 bits per heavy atom. The number of halogens is 6. The lowest BCUT2D eigenvalue weighted by Gasteiger charge is -2.26. The molecule has 0 fully saturated rings. The molecule has 2 unspecified atom stereocenters. The monoisotopic (exact) mass is 1040 g/mol. The predicted molar refractivity (Wildman–Crippen MR) is 268 cm³/mol. The molecule has 2 N–H and O–H groups in total. The lowest BCUT2D eigenvalue weighted by Crippen LogP contribution is -2.35. The Labute approximate surface area is 428 Å². The predicted octanol–water partition coefficient (Wildman–Crippen LogP) is 13.6. The van der Waals surface area contributed by atoms with Crippen molar-refractivity contribution in [1.82, 2.24) is 19.8 Å². The molecule has 0 aliphatic carbocycles. The second kappa shape index (κ2) is 27.6. The number of ether oxygens (including phenoxy) is 2. The van der Waals surface area contributed by atoms with E-state index in [0.717, 1.165) is 71.4 Å². The number of carboxylic acids is 2. The average Bonchev–Trinajstić information content (AvgIpc) is 4.02. The van der Waals surface area contributed by atoms with Gasteiger partial charge in [0.2, 0.25) is 11.8 Å². The van der Waals surface area contributed by atoms with Gasteiger partial charge in [0.25, 0.3) is 0 Å². The van der Waals surface area contributed by atoms with Crippen LogP contribution >= 0.6 is 0 Å². The van der Waals surface area contributed by atoms with E-state index in [4.69, 9.17) is 28.5 Å². The van der Waals surface area contributed by atoms with Crippen molar-refractivity contribution >= 4 is 11.9 Å². The molecule has 2 aromatic heterocycles. The van der Waals surface area contributed by atoms with E-state index in [-0.39, 0.29) is 13.2 Å². The number of unbranched alkanes of at least 4 members (excludes halogenated alkanes) is 2. The molecule has 6 aromatic rings. The number of hydrogen-bond acceptors (Lipinski definition) is 10. The molecule has 2 aliphatic rings. The van der Waals surface area contributed by atoms with Crippen molar-refractivity contribution in [3.05, 3.63) is 142 Å². The number of hydrogen-bond donors (Lipinski definition) is 2. The summed E-state index contributed by atoms with van der Waals surface area (Å²) in [6.45, 7) is 15.8. The van der Waals surface area contributed by atoms with E-state index in [0.29, 0.717) is 73.4 Å². The number of carbonyl (C=O) groups is 2. The minimum Gasteiger partial charge on any atom is -0.489 e. The smallest absolute Gasteiger partial charge is 0.416 e. The number of aliphatic carboxylic acids is 2. The highest BCUT2D eigenvalue weighted by molar-refractivity contribution is 5.70. The third-order valence-corrected chi connectivity index (χ3v) is 12.1. The summed E-state index contributed by atoms with van der Waals surface area (Å²) in [6.07, 6.45) is -2.10. The van der Waals surface area contributed by atoms with Crippen LogP contribution in [-0.2, 0) is 61.1 Å². The second-order valence-electron chi connectivity index (χ2n) is 18.2. The van der Waals surface area contributed by atoms with Crippen LogP contribution in [0.3, 0.4) is 0 Å². The Kier molecular flexibility index (Phi) is 21.7. The number of aromatic nitrogens is 2. The summed E-state index contributed by atoms with van der Waals surface area (Å²) in [4.78, 5) is 35.5. The highest BCUT2D eigenvalue weighted by atomic mass is 19.4. The van der Waals surface area contributed by atoms with Gasteiger partial charge < -0.3 is 28.5 Å². The Balaban J connectivity index is 0.000000239. The van der Waals surface area contributed by atoms with Crippen LogP contribution in [0.15, 0.2) is 106 Å². The summed E-state index contributed by atoms with van der Waals surface area (Å²) >= 11 is 0. The third-order valence-electron chi connectivity index (χ3n) is 12.1. The van der Waals surface area contributed by atoms with Crippen molar-refractivity contribution in [1.29, 1.82) is 0 Å². The van der Waals surface area contributed by atoms with Gasteiger partial charge in [-0.1, -0.05) is 91.5 Å². The average molecular weight is 1040 g/mol. The summed E-state index contributed by atoms with van der Waals surface area (Å²) in [7, 11) is 0. The first-order valence-electron chi connectivity index (χ1n) is 24.9. The number of alkyl halides is 6. The summed E-state index contributed by atoms with van der Waals surface area (Å²) < 4.78 is 99.1. The highest BCUT2D eigenvalue weighted by Gasteiger charge is 2.31. The molecule has 4 heterocycles. The fourth-order valence-electron chi connectivity index (χ4n) is 7.30. The quantitative estimate of drug-likeness (QED) is 0.0888. The molecule has 12 nitrogen and oxygen atoms in total. The number of rotatable bonds is 16. The molecule has 2 atom stereocenters. The molecule has 0 spiro atoms. The molecular formula is C56H66F6N4O8. The first-order valence-corrected chi connectivity index (χ1v) is 24.9. The fourth-order valence-corrected chi connectivity index (χ4v) is 7.30. The topological polar surface area (TPSA) is 152 Å². The molecule has 2 aliphatic heterocycles. The zero-order chi connectivity index (χ0) is 54.0. The Morgan fingerprint density at radius 2 is 0.878 bits per heavy atom. The van der Waals surface area contributed by atoms with Crippen LogP contribution in [-0.4, -0.2) is 68.1 Å². The van der Waals surface area contributed by atoms with Gasteiger partial charge in [-0.3, -0.25) is 19.4 Å². The van der Waals surface area contributed by atoms with Crippen LogP contribution in [0, 0.1) is 11.8 Å². The van der Waals surface area contributed by atoms with Gasteiger partial charge >= 0.3 is 24.3 Å². The number of carboxylic acid groups (broad SMARTS) is 2. The summed E-state index contributed by atoms with van der Waals surface area (Å²) in [5, 5.41) is 18.2. The normalized spacial score (nSPS) is 14.3. The molecule has 4 aromatic carbocycles. The summed E-state index contributed by atoms with van der Waals surface area (Å²) in [6, 6.07) is 24.0. The molecule has 74 heavy (non-hydrogen) atoms. The number of oxazole rings is 2. The largest absolute Gasteiger partial charge is 0.489 e. The highest BCUT2D eigenvalue weighted by Crippen LogP contribution is 2.33. The van der Waals surface area contributed by atoms with Crippen molar-refractivity contribution in [3.63, 3.8) is 0 Å². The summed E-state index contributed by atoms with van der Waals surface area (Å²) in [5.74, 6) is 1.21. The Hall–Kier alpha value is -6.66. The van der Waals surface area contributed by atoms with Crippen LogP contribution in [0.1, 0.15) is 112 Å². The van der Waals surface area contributed by atoms with Crippen LogP contribution in [0.5, 0.6) is 11.5 Å². The van der Waals surface area contributed by atoms with Crippen molar-refractivity contribution in [2.45, 2.75) is 119 Å². The minimum absolute atomic E-state index is 0.148. The van der Waals surface area contributed by atoms with Crippen molar-refractivity contribution in [2.75, 3.05) is 26.2 Å². The van der Waals surface area contributed by atoms with Crippen LogP contribution in [0.25, 0.3) is 22.9 Å². The lowest BCUT2D eigenvalue weighted by molar-refractivity contribution is -0.142. The molecule has 0 radical (unpaired) electrons. The van der Waals surface area contributed by atoms with Gasteiger partial charge in [0.1, 0.15) is 36.2 Å². The van der Waals surface area contributed by atoms with E-state index in [9.17, 15) is 35.9 Å². The first kappa shape index (κ1) is 58.2. The van der Waals surface area contributed by atoms with Crippen LogP contribution in [0.2, 0.25) is 0 Å². The third kappa shape index (κ3) is 17.8. The van der Waals surface area contributed by atoms with Gasteiger partial charge in [-0.15, -0.1) is 0 Å². The van der Waals surface area contributed by atoms with Crippen molar-refractivity contribution in [3.8, 4) is 34.4 Å². The summed E-state index contributed by atoms with van der Waals surface area (Å²) in [5.41, 5.74) is 3.07. The second-order valence-corrected chi connectivity index (χ2v) is 18.2. The maximum absolute atomic E-state index is 12.7. The van der Waals surface area contributed by atoms with Gasteiger partial charge in [0.15, 0.2) is 0 Å². The van der Waals surface area contributed by atoms with E-state index in [1.54, 1.807) is 38.1 Å². The number of benzene rings is 4. The molecular weight excluding hydrogens is 971 g/mol. The van der Waals surface area contributed by atoms with Gasteiger partial charge in [-0.2, -0.15) is 26.3 Å². The molecule has 8 rings (SSSR count). The Bertz CT molecular complexity index is 2460. The molecule has 0 amide bonds. The van der Waals surface area contributed by atoms with Gasteiger partial charge in [0.05, 0.1) is 34.4 Å². The molecule has 18 heteroatoms. The van der Waals surface area contributed by atoms with Crippen molar-refractivity contribution in [2.24, 2.45) is 11.8 Å². The standard InChI is InChI=1S/2C24H23F3N2O4.2C4H10/c2*1-15(23(30)31)12-29-11-10-21-20(13-29)28-22(33-21)17-4-8-19(9-5-17)32-14-16-2-6-18(7-3-16)24(25,26)27;2*1-3-4-2/h2*2-9,15H,10-14H2,1H3,(H,30,31);2*3-4H2,1-2H3. The SMILES string of the molecule is CC(CN1CCc2oc(-c3ccc(OCc4ccc(C(F)(F)F)cc4)cc3)nc2C1)C(=O)O.CC(CN1CCc2oc(-c3ccc(OCc4ccc(C(F)(F)F)cc4)cc3)nc2C1)C(=O)O.CCCC.CCCC. The maximum atomic E-state index is 12.7. The van der Waals surface area contributed by atoms with Gasteiger partial charge in [-0.05, 0) is 83.9 Å². The number of fused-ring (bicyclic) bond motifs is 2. The molecule has 400 valence electrons. The Morgan fingerprint density at radius 1 is 0.554 bits per heavy atom. The molecule has 0 saturated carbocycles. The van der Waals surface area contributed by atoms with Crippen LogP contribution < -0.4 is 9.47 Å².